The number of pyridine rings is 1. The monoisotopic (exact) mass is 320 g/mol. The van der Waals surface area contributed by atoms with E-state index in [1.165, 1.54) is 4.57 Å². The minimum atomic E-state index is -0.314. The van der Waals surface area contributed by atoms with Gasteiger partial charge in [0.05, 0.1) is 0 Å². The van der Waals surface area contributed by atoms with Gasteiger partial charge in [0.2, 0.25) is 0 Å². The maximum absolute atomic E-state index is 12.1. The number of amides is 2. The lowest BCUT2D eigenvalue weighted by atomic mass is 10.1. The molecule has 0 radical (unpaired) electrons. The number of nitrogens with zero attached hydrogens (tertiary/aromatic N) is 2. The van der Waals surface area contributed by atoms with Crippen LogP contribution in [0.25, 0.3) is 0 Å². The molecule has 0 aromatic carbocycles. The first-order valence-electron chi connectivity index (χ1n) is 8.14. The molecule has 1 saturated heterocycles. The van der Waals surface area contributed by atoms with Gasteiger partial charge in [0, 0.05) is 31.9 Å². The number of carbonyl (C=O) groups excluding carboxylic acids is 1. The number of hydrogen-bond donors (Lipinski definition) is 2. The molecule has 1 aliphatic heterocycles. The molecular formula is C17H28N4O2. The highest BCUT2D eigenvalue weighted by atomic mass is 16.2. The Morgan fingerprint density at radius 2 is 2.09 bits per heavy atom. The predicted molar refractivity (Wildman–Crippen MR) is 92.9 cm³/mol. The van der Waals surface area contributed by atoms with Gasteiger partial charge in [-0.05, 0) is 58.2 Å². The molecule has 1 aliphatic rings. The average molecular weight is 320 g/mol. The minimum Gasteiger partial charge on any atom is -0.338 e. The third-order valence-electron chi connectivity index (χ3n) is 4.50. The second kappa shape index (κ2) is 6.74. The molecule has 2 amide bonds. The van der Waals surface area contributed by atoms with Crippen LogP contribution in [0, 0.1) is 12.8 Å². The lowest BCUT2D eigenvalue weighted by Crippen LogP contribution is -2.41. The topological polar surface area (TPSA) is 66.4 Å². The van der Waals surface area contributed by atoms with Gasteiger partial charge in [-0.1, -0.05) is 0 Å². The van der Waals surface area contributed by atoms with Gasteiger partial charge in [-0.2, -0.15) is 0 Å². The van der Waals surface area contributed by atoms with E-state index in [0.717, 1.165) is 25.1 Å². The van der Waals surface area contributed by atoms with Gasteiger partial charge in [-0.15, -0.1) is 0 Å². The van der Waals surface area contributed by atoms with Crippen LogP contribution < -0.4 is 16.2 Å². The Morgan fingerprint density at radius 3 is 2.70 bits per heavy atom. The van der Waals surface area contributed by atoms with Gasteiger partial charge in [-0.25, -0.2) is 4.79 Å². The number of aromatic nitrogens is 1. The first-order valence-corrected chi connectivity index (χ1v) is 8.14. The highest BCUT2D eigenvalue weighted by Crippen LogP contribution is 2.23. The Hall–Kier alpha value is -1.82. The average Bonchev–Trinajstić information content (AvgIpc) is 2.94. The Labute approximate surface area is 137 Å². The number of urea groups is 1. The van der Waals surface area contributed by atoms with Gasteiger partial charge in [0.15, 0.2) is 0 Å². The number of aryl methyl sites for hydroxylation is 2. The summed E-state index contributed by atoms with van der Waals surface area (Å²) >= 11 is 0. The lowest BCUT2D eigenvalue weighted by Gasteiger charge is -2.31. The van der Waals surface area contributed by atoms with Crippen molar-refractivity contribution in [1.29, 1.82) is 0 Å². The molecule has 2 heterocycles. The summed E-state index contributed by atoms with van der Waals surface area (Å²) in [5.41, 5.74) is 1.09. The quantitative estimate of drug-likeness (QED) is 0.894. The van der Waals surface area contributed by atoms with Gasteiger partial charge in [0.25, 0.3) is 5.56 Å². The molecule has 6 nitrogen and oxygen atoms in total. The van der Waals surface area contributed by atoms with E-state index in [1.54, 1.807) is 13.2 Å². The predicted octanol–water partition coefficient (Wildman–Crippen LogP) is 1.94. The Kier molecular flexibility index (Phi) is 5.14. The molecule has 1 aromatic heterocycles. The zero-order chi connectivity index (χ0) is 17.2. The van der Waals surface area contributed by atoms with Crippen molar-refractivity contribution >= 4 is 11.7 Å². The second-order valence-corrected chi connectivity index (χ2v) is 7.40. The maximum Gasteiger partial charge on any atom is 0.319 e. The van der Waals surface area contributed by atoms with E-state index in [0.29, 0.717) is 18.2 Å². The zero-order valence-electron chi connectivity index (χ0n) is 14.8. The summed E-state index contributed by atoms with van der Waals surface area (Å²) in [7, 11) is 1.67. The number of carbonyl (C=O) groups is 1. The number of nitrogens with one attached hydrogen (secondary N) is 2. The van der Waals surface area contributed by atoms with Crippen LogP contribution >= 0.6 is 0 Å². The van der Waals surface area contributed by atoms with E-state index in [-0.39, 0.29) is 17.1 Å². The van der Waals surface area contributed by atoms with Crippen molar-refractivity contribution in [2.45, 2.75) is 39.7 Å². The molecule has 1 atom stereocenters. The lowest BCUT2D eigenvalue weighted by molar-refractivity contribution is 0.168. The molecule has 6 heteroatoms. The second-order valence-electron chi connectivity index (χ2n) is 7.40. The van der Waals surface area contributed by atoms with Crippen molar-refractivity contribution in [2.75, 3.05) is 25.0 Å². The van der Waals surface area contributed by atoms with Crippen LogP contribution in [-0.4, -0.2) is 40.7 Å². The third kappa shape index (κ3) is 4.34. The summed E-state index contributed by atoms with van der Waals surface area (Å²) in [6.07, 6.45) is 2.78. The summed E-state index contributed by atoms with van der Waals surface area (Å²) < 4.78 is 1.46. The fourth-order valence-electron chi connectivity index (χ4n) is 2.88. The summed E-state index contributed by atoms with van der Waals surface area (Å²) in [5.74, 6) is 0.458. The molecule has 0 aliphatic carbocycles. The molecule has 1 unspecified atom stereocenters. The molecular weight excluding hydrogens is 292 g/mol. The third-order valence-corrected chi connectivity index (χ3v) is 4.50. The maximum atomic E-state index is 12.1. The highest BCUT2D eigenvalue weighted by molar-refractivity contribution is 5.89. The normalized spacial score (nSPS) is 18.9. The summed E-state index contributed by atoms with van der Waals surface area (Å²) in [6, 6.07) is 1.50. The van der Waals surface area contributed by atoms with Crippen molar-refractivity contribution in [3.05, 3.63) is 28.2 Å². The van der Waals surface area contributed by atoms with Crippen LogP contribution in [0.5, 0.6) is 0 Å². The summed E-state index contributed by atoms with van der Waals surface area (Å²) in [6.45, 7) is 11.1. The molecule has 128 valence electrons. The van der Waals surface area contributed by atoms with Crippen molar-refractivity contribution in [3.8, 4) is 0 Å². The first kappa shape index (κ1) is 17.5. The zero-order valence-corrected chi connectivity index (χ0v) is 14.8. The van der Waals surface area contributed by atoms with Crippen molar-refractivity contribution in [2.24, 2.45) is 13.0 Å². The highest BCUT2D eigenvalue weighted by Gasteiger charge is 2.30. The van der Waals surface area contributed by atoms with Crippen molar-refractivity contribution in [3.63, 3.8) is 0 Å². The van der Waals surface area contributed by atoms with Gasteiger partial charge in [0.1, 0.15) is 5.69 Å². The SMILES string of the molecule is Cc1ccn(C)c(=O)c1NC(=O)NCC1CCN(C(C)(C)C)C1. The number of anilines is 1. The molecule has 2 rings (SSSR count). The largest absolute Gasteiger partial charge is 0.338 e. The van der Waals surface area contributed by atoms with Crippen LogP contribution in [0.15, 0.2) is 17.1 Å². The van der Waals surface area contributed by atoms with Gasteiger partial charge >= 0.3 is 6.03 Å². The van der Waals surface area contributed by atoms with Crippen LogP contribution in [0.2, 0.25) is 0 Å². The van der Waals surface area contributed by atoms with Crippen molar-refractivity contribution < 1.29 is 4.79 Å². The summed E-state index contributed by atoms with van der Waals surface area (Å²) in [5, 5.41) is 5.58. The van der Waals surface area contributed by atoms with Gasteiger partial charge in [-0.3, -0.25) is 9.69 Å². The van der Waals surface area contributed by atoms with E-state index in [4.69, 9.17) is 0 Å². The number of hydrogen-bond acceptors (Lipinski definition) is 3. The standard InChI is InChI=1S/C17H28N4O2/c1-12-6-8-20(5)15(22)14(12)19-16(23)18-10-13-7-9-21(11-13)17(2,3)4/h6,8,13H,7,9-11H2,1-5H3,(H2,18,19,23). The molecule has 2 N–H and O–H groups in total. The molecule has 0 spiro atoms. The summed E-state index contributed by atoms with van der Waals surface area (Å²) in [4.78, 5) is 26.6. The smallest absolute Gasteiger partial charge is 0.319 e. The fourth-order valence-corrected chi connectivity index (χ4v) is 2.88. The van der Waals surface area contributed by atoms with E-state index in [2.05, 4.69) is 36.3 Å². The van der Waals surface area contributed by atoms with Crippen LogP contribution in [-0.2, 0) is 7.05 Å². The van der Waals surface area contributed by atoms with Crippen LogP contribution in [0.1, 0.15) is 32.8 Å². The molecule has 0 bridgehead atoms. The van der Waals surface area contributed by atoms with E-state index < -0.39 is 0 Å². The molecule has 1 aromatic rings. The van der Waals surface area contributed by atoms with E-state index >= 15 is 0 Å². The Balaban J connectivity index is 1.88. The first-order chi connectivity index (χ1) is 10.7. The molecule has 23 heavy (non-hydrogen) atoms. The van der Waals surface area contributed by atoms with Crippen LogP contribution in [0.3, 0.4) is 0 Å². The molecule has 1 fully saturated rings. The minimum absolute atomic E-state index is 0.171. The Bertz CT molecular complexity index is 630. The molecule has 0 saturated carbocycles. The van der Waals surface area contributed by atoms with Crippen LogP contribution in [0.4, 0.5) is 10.5 Å². The van der Waals surface area contributed by atoms with Crippen molar-refractivity contribution in [1.82, 2.24) is 14.8 Å². The van der Waals surface area contributed by atoms with Gasteiger partial charge < -0.3 is 15.2 Å². The number of rotatable bonds is 3. The van der Waals surface area contributed by atoms with E-state index in [1.807, 2.05) is 13.0 Å². The Morgan fingerprint density at radius 1 is 1.39 bits per heavy atom. The number of likely N-dealkylation sites (tertiary alicyclic amines) is 1. The fraction of sp³-hybridized carbons (Fsp3) is 0.647. The van der Waals surface area contributed by atoms with E-state index in [9.17, 15) is 9.59 Å².